The van der Waals surface area contributed by atoms with E-state index in [2.05, 4.69) is 10.6 Å². The monoisotopic (exact) mass is 461 g/mol. The largest absolute Gasteiger partial charge is 0.497 e. The van der Waals surface area contributed by atoms with Gasteiger partial charge in [0.1, 0.15) is 18.4 Å². The minimum atomic E-state index is -0.848. The lowest BCUT2D eigenvalue weighted by atomic mass is 10.1. The van der Waals surface area contributed by atoms with Crippen LogP contribution in [0.5, 0.6) is 5.75 Å². The summed E-state index contributed by atoms with van der Waals surface area (Å²) < 4.78 is 15.8. The van der Waals surface area contributed by atoms with Crippen LogP contribution in [0.2, 0.25) is 0 Å². The summed E-state index contributed by atoms with van der Waals surface area (Å²) >= 11 is 5.34. The topological polar surface area (TPSA) is 106 Å². The van der Waals surface area contributed by atoms with Crippen LogP contribution in [0.1, 0.15) is 24.8 Å². The van der Waals surface area contributed by atoms with Crippen molar-refractivity contribution in [3.63, 3.8) is 0 Å². The third kappa shape index (κ3) is 6.76. The summed E-state index contributed by atoms with van der Waals surface area (Å²) in [6, 6.07) is 6.36. The van der Waals surface area contributed by atoms with Gasteiger partial charge in [-0.15, -0.1) is 0 Å². The maximum absolute atomic E-state index is 12.4. The van der Waals surface area contributed by atoms with Crippen molar-refractivity contribution in [2.24, 2.45) is 0 Å². The fourth-order valence-corrected chi connectivity index (χ4v) is 3.76. The van der Waals surface area contributed by atoms with E-state index in [0.29, 0.717) is 19.7 Å². The quantitative estimate of drug-likeness (QED) is 0.352. The van der Waals surface area contributed by atoms with Crippen LogP contribution in [-0.2, 0) is 23.9 Å². The zero-order chi connectivity index (χ0) is 22.9. The van der Waals surface area contributed by atoms with Crippen molar-refractivity contribution in [3.8, 4) is 5.75 Å². The maximum atomic E-state index is 12.4. The van der Waals surface area contributed by atoms with E-state index >= 15 is 0 Å². The molecule has 0 spiro atoms. The molecule has 0 saturated carbocycles. The van der Waals surface area contributed by atoms with Crippen LogP contribution < -0.4 is 15.4 Å². The maximum Gasteiger partial charge on any atom is 0.308 e. The van der Waals surface area contributed by atoms with E-state index < -0.39 is 17.9 Å². The van der Waals surface area contributed by atoms with Gasteiger partial charge in [-0.2, -0.15) is 0 Å². The summed E-state index contributed by atoms with van der Waals surface area (Å²) in [4.78, 5) is 38.5. The molecule has 1 aromatic rings. The normalized spacial score (nSPS) is 20.7. The van der Waals surface area contributed by atoms with Gasteiger partial charge < -0.3 is 24.4 Å². The van der Waals surface area contributed by atoms with Gasteiger partial charge in [-0.3, -0.25) is 19.7 Å². The molecule has 1 aromatic carbocycles. The highest BCUT2D eigenvalue weighted by Crippen LogP contribution is 2.15. The average molecular weight is 462 g/mol. The Kier molecular flexibility index (Phi) is 8.57. The lowest BCUT2D eigenvalue weighted by molar-refractivity contribution is -0.150. The molecular weight excluding hydrogens is 434 g/mol. The number of methoxy groups -OCH3 is 1. The van der Waals surface area contributed by atoms with Crippen molar-refractivity contribution in [2.75, 3.05) is 33.4 Å². The Bertz CT molecular complexity index is 867. The first-order valence-electron chi connectivity index (χ1n) is 10.4. The van der Waals surface area contributed by atoms with Crippen LogP contribution in [0.3, 0.4) is 0 Å². The number of rotatable bonds is 7. The minimum Gasteiger partial charge on any atom is -0.497 e. The second-order valence-corrected chi connectivity index (χ2v) is 7.81. The smallest absolute Gasteiger partial charge is 0.308 e. The molecule has 32 heavy (non-hydrogen) atoms. The van der Waals surface area contributed by atoms with Crippen molar-refractivity contribution in [1.82, 2.24) is 15.5 Å². The number of thiocarbonyl (C=S) groups is 1. The van der Waals surface area contributed by atoms with Crippen LogP contribution in [-0.4, -0.2) is 73.4 Å². The molecule has 10 heteroatoms. The van der Waals surface area contributed by atoms with E-state index in [1.807, 2.05) is 12.1 Å². The highest BCUT2D eigenvalue weighted by Gasteiger charge is 2.34. The first kappa shape index (κ1) is 23.7. The lowest BCUT2D eigenvalue weighted by Gasteiger charge is -2.36. The number of esters is 1. The Morgan fingerprint density at radius 3 is 2.81 bits per heavy atom. The van der Waals surface area contributed by atoms with Crippen molar-refractivity contribution in [1.29, 1.82) is 0 Å². The van der Waals surface area contributed by atoms with Gasteiger partial charge in [0.25, 0.3) is 0 Å². The highest BCUT2D eigenvalue weighted by atomic mass is 32.1. The molecule has 0 aromatic heterocycles. The second kappa shape index (κ2) is 11.6. The molecule has 2 atom stereocenters. The number of carbonyl (C=O) groups excluding carboxylic acids is 3. The third-order valence-electron chi connectivity index (χ3n) is 5.18. The summed E-state index contributed by atoms with van der Waals surface area (Å²) in [5, 5.41) is 5.40. The van der Waals surface area contributed by atoms with Gasteiger partial charge in [-0.05, 0) is 48.8 Å². The molecule has 2 saturated heterocycles. The Balaban J connectivity index is 1.53. The van der Waals surface area contributed by atoms with E-state index in [1.165, 1.54) is 6.08 Å². The number of ether oxygens (including phenoxy) is 3. The fourth-order valence-electron chi connectivity index (χ4n) is 3.44. The molecule has 172 valence electrons. The number of piperazine rings is 1. The number of benzene rings is 1. The standard InChI is InChI=1S/C22H27N3O6S/c1-29-16-7-4-15(5-8-16)6-9-19(26)24-22(32)25-11-10-23-21(28)18(25)13-20(27)31-14-17-3-2-12-30-17/h4-9,17-18H,2-3,10-14H2,1H3,(H,23,28)(H,24,26,32)/b9-6+. The Labute approximate surface area is 192 Å². The molecule has 0 aliphatic carbocycles. The molecule has 2 amide bonds. The van der Waals surface area contributed by atoms with Gasteiger partial charge >= 0.3 is 5.97 Å². The molecular formula is C22H27N3O6S. The zero-order valence-corrected chi connectivity index (χ0v) is 18.7. The van der Waals surface area contributed by atoms with E-state index in [4.69, 9.17) is 26.4 Å². The zero-order valence-electron chi connectivity index (χ0n) is 17.9. The number of carbonyl (C=O) groups is 3. The number of amides is 2. The van der Waals surface area contributed by atoms with Crippen molar-refractivity contribution in [3.05, 3.63) is 35.9 Å². The highest BCUT2D eigenvalue weighted by molar-refractivity contribution is 7.80. The predicted octanol–water partition coefficient (Wildman–Crippen LogP) is 1.02. The number of nitrogens with zero attached hydrogens (tertiary/aromatic N) is 1. The molecule has 2 aliphatic heterocycles. The van der Waals surface area contributed by atoms with Crippen molar-refractivity contribution < 1.29 is 28.6 Å². The second-order valence-electron chi connectivity index (χ2n) is 7.42. The average Bonchev–Trinajstić information content (AvgIpc) is 3.31. The van der Waals surface area contributed by atoms with Gasteiger partial charge in [0.05, 0.1) is 19.6 Å². The summed E-state index contributed by atoms with van der Waals surface area (Å²) in [6.07, 6.45) is 4.53. The van der Waals surface area contributed by atoms with Gasteiger partial charge in [-0.1, -0.05) is 12.1 Å². The number of hydrogen-bond acceptors (Lipinski definition) is 7. The molecule has 0 bridgehead atoms. The lowest BCUT2D eigenvalue weighted by Crippen LogP contribution is -2.60. The van der Waals surface area contributed by atoms with Crippen LogP contribution in [0.15, 0.2) is 30.3 Å². The first-order valence-corrected chi connectivity index (χ1v) is 10.9. The SMILES string of the molecule is COc1ccc(/C=C/C(=O)NC(=S)N2CCNC(=O)C2CC(=O)OCC2CCCO2)cc1. The fraction of sp³-hybridized carbons (Fsp3) is 0.455. The van der Waals surface area contributed by atoms with Gasteiger partial charge in [0.15, 0.2) is 5.11 Å². The third-order valence-corrected chi connectivity index (χ3v) is 5.52. The Hall–Kier alpha value is -2.98. The van der Waals surface area contributed by atoms with Gasteiger partial charge in [0.2, 0.25) is 11.8 Å². The minimum absolute atomic E-state index is 0.0844. The van der Waals surface area contributed by atoms with E-state index in [0.717, 1.165) is 24.2 Å². The van der Waals surface area contributed by atoms with Gasteiger partial charge in [0, 0.05) is 25.8 Å². The van der Waals surface area contributed by atoms with E-state index in [9.17, 15) is 14.4 Å². The number of hydrogen-bond donors (Lipinski definition) is 2. The molecule has 0 radical (unpaired) electrons. The van der Waals surface area contributed by atoms with E-state index in [-0.39, 0.29) is 30.2 Å². The van der Waals surface area contributed by atoms with E-state index in [1.54, 1.807) is 30.2 Å². The first-order chi connectivity index (χ1) is 15.5. The molecule has 9 nitrogen and oxygen atoms in total. The van der Waals surface area contributed by atoms with Crippen LogP contribution in [0.25, 0.3) is 6.08 Å². The van der Waals surface area contributed by atoms with Crippen molar-refractivity contribution in [2.45, 2.75) is 31.4 Å². The van der Waals surface area contributed by atoms with Crippen LogP contribution >= 0.6 is 12.2 Å². The summed E-state index contributed by atoms with van der Waals surface area (Å²) in [5.74, 6) is -0.565. The summed E-state index contributed by atoms with van der Waals surface area (Å²) in [6.45, 7) is 1.57. The molecule has 3 rings (SSSR count). The Morgan fingerprint density at radius 2 is 2.12 bits per heavy atom. The Morgan fingerprint density at radius 1 is 1.34 bits per heavy atom. The molecule has 2 aliphatic rings. The van der Waals surface area contributed by atoms with Crippen molar-refractivity contribution >= 4 is 41.2 Å². The summed E-state index contributed by atoms with van der Waals surface area (Å²) in [5.41, 5.74) is 0.816. The van der Waals surface area contributed by atoms with Gasteiger partial charge in [-0.25, -0.2) is 0 Å². The molecule has 2 fully saturated rings. The molecule has 2 N–H and O–H groups in total. The van der Waals surface area contributed by atoms with Crippen LogP contribution in [0.4, 0.5) is 0 Å². The van der Waals surface area contributed by atoms with Crippen LogP contribution in [0, 0.1) is 0 Å². The number of nitrogens with one attached hydrogen (secondary N) is 2. The molecule has 2 unspecified atom stereocenters. The predicted molar refractivity (Wildman–Crippen MR) is 121 cm³/mol. The summed E-state index contributed by atoms with van der Waals surface area (Å²) in [7, 11) is 1.58. The molecule has 2 heterocycles.